The van der Waals surface area contributed by atoms with Crippen LogP contribution in [0.2, 0.25) is 0 Å². The number of hydrogen-bond acceptors (Lipinski definition) is 1. The predicted octanol–water partition coefficient (Wildman–Crippen LogP) is 2.60. The van der Waals surface area contributed by atoms with Gasteiger partial charge in [-0.15, -0.1) is 0 Å². The Morgan fingerprint density at radius 2 is 1.71 bits per heavy atom. The fourth-order valence-corrected chi connectivity index (χ4v) is 1.60. The van der Waals surface area contributed by atoms with Gasteiger partial charge in [-0.3, -0.25) is 9.36 Å². The lowest BCUT2D eigenvalue weighted by Crippen LogP contribution is -2.17. The third kappa shape index (κ3) is 1.63. The standard InChI is InChI=1S/C11H8BrNO/c12-10-7-4-8-13(11(10)14)9-5-2-1-3-6-9/h1-8H. The maximum Gasteiger partial charge on any atom is 0.269 e. The summed E-state index contributed by atoms with van der Waals surface area (Å²) in [7, 11) is 0. The first-order valence-corrected chi connectivity index (χ1v) is 5.01. The zero-order valence-corrected chi connectivity index (χ0v) is 8.94. The molecule has 1 aromatic carbocycles. The number of rotatable bonds is 1. The van der Waals surface area contributed by atoms with Gasteiger partial charge in [0.2, 0.25) is 0 Å². The molecule has 0 bridgehead atoms. The summed E-state index contributed by atoms with van der Waals surface area (Å²) in [6, 6.07) is 13.1. The number of nitrogens with zero attached hydrogens (tertiary/aromatic N) is 1. The number of para-hydroxylation sites is 1. The summed E-state index contributed by atoms with van der Waals surface area (Å²) in [5.41, 5.74) is 0.831. The van der Waals surface area contributed by atoms with Crippen LogP contribution in [0.15, 0.2) is 57.9 Å². The Labute approximate surface area is 89.9 Å². The lowest BCUT2D eigenvalue weighted by atomic mass is 10.3. The van der Waals surface area contributed by atoms with Crippen LogP contribution in [0.3, 0.4) is 0 Å². The second kappa shape index (κ2) is 3.80. The van der Waals surface area contributed by atoms with Crippen LogP contribution in [0.1, 0.15) is 0 Å². The van der Waals surface area contributed by atoms with Crippen molar-refractivity contribution in [1.29, 1.82) is 0 Å². The highest BCUT2D eigenvalue weighted by Crippen LogP contribution is 2.06. The molecule has 2 rings (SSSR count). The lowest BCUT2D eigenvalue weighted by molar-refractivity contribution is 0.980. The highest BCUT2D eigenvalue weighted by Gasteiger charge is 2.00. The SMILES string of the molecule is O=c1c(Br)cccn1-c1ccccc1. The lowest BCUT2D eigenvalue weighted by Gasteiger charge is -2.04. The zero-order valence-electron chi connectivity index (χ0n) is 7.35. The van der Waals surface area contributed by atoms with Crippen molar-refractivity contribution >= 4 is 15.9 Å². The van der Waals surface area contributed by atoms with Gasteiger partial charge in [0.25, 0.3) is 5.56 Å². The Morgan fingerprint density at radius 1 is 1.00 bits per heavy atom. The first-order chi connectivity index (χ1) is 6.79. The third-order valence-corrected chi connectivity index (χ3v) is 2.54. The minimum absolute atomic E-state index is 0.0429. The van der Waals surface area contributed by atoms with Gasteiger partial charge in [0.15, 0.2) is 0 Å². The van der Waals surface area contributed by atoms with Crippen LogP contribution in [0.5, 0.6) is 0 Å². The summed E-state index contributed by atoms with van der Waals surface area (Å²) in [6.07, 6.45) is 1.75. The van der Waals surface area contributed by atoms with Gasteiger partial charge in [-0.05, 0) is 40.2 Å². The van der Waals surface area contributed by atoms with Crippen LogP contribution in [-0.4, -0.2) is 4.57 Å². The predicted molar refractivity (Wildman–Crippen MR) is 59.7 cm³/mol. The molecule has 0 unspecified atom stereocenters. The van der Waals surface area contributed by atoms with E-state index in [0.29, 0.717) is 4.47 Å². The van der Waals surface area contributed by atoms with Crippen LogP contribution in [0.4, 0.5) is 0 Å². The van der Waals surface area contributed by atoms with Crippen molar-refractivity contribution in [2.24, 2.45) is 0 Å². The minimum Gasteiger partial charge on any atom is -0.283 e. The van der Waals surface area contributed by atoms with Crippen molar-refractivity contribution in [3.8, 4) is 5.69 Å². The van der Waals surface area contributed by atoms with Crippen molar-refractivity contribution in [1.82, 2.24) is 4.57 Å². The molecule has 0 spiro atoms. The van der Waals surface area contributed by atoms with Crippen molar-refractivity contribution in [2.75, 3.05) is 0 Å². The number of halogens is 1. The number of benzene rings is 1. The van der Waals surface area contributed by atoms with Gasteiger partial charge in [-0.2, -0.15) is 0 Å². The number of hydrogen-bond donors (Lipinski definition) is 0. The van der Waals surface area contributed by atoms with Crippen molar-refractivity contribution < 1.29 is 0 Å². The van der Waals surface area contributed by atoms with Crippen LogP contribution >= 0.6 is 15.9 Å². The van der Waals surface area contributed by atoms with Crippen LogP contribution < -0.4 is 5.56 Å². The summed E-state index contributed by atoms with van der Waals surface area (Å²) < 4.78 is 2.17. The van der Waals surface area contributed by atoms with E-state index in [1.54, 1.807) is 16.8 Å². The molecule has 3 heteroatoms. The summed E-state index contributed by atoms with van der Waals surface area (Å²) in [5, 5.41) is 0. The van der Waals surface area contributed by atoms with E-state index in [1.807, 2.05) is 36.4 Å². The third-order valence-electron chi connectivity index (χ3n) is 1.94. The van der Waals surface area contributed by atoms with E-state index >= 15 is 0 Å². The Balaban J connectivity index is 2.64. The average molecular weight is 250 g/mol. The van der Waals surface area contributed by atoms with E-state index < -0.39 is 0 Å². The normalized spacial score (nSPS) is 10.1. The zero-order chi connectivity index (χ0) is 9.97. The van der Waals surface area contributed by atoms with E-state index in [9.17, 15) is 4.79 Å². The summed E-state index contributed by atoms with van der Waals surface area (Å²) in [5.74, 6) is 0. The quantitative estimate of drug-likeness (QED) is 0.762. The monoisotopic (exact) mass is 249 g/mol. The largest absolute Gasteiger partial charge is 0.283 e. The summed E-state index contributed by atoms with van der Waals surface area (Å²) in [6.45, 7) is 0. The molecule has 0 atom stereocenters. The smallest absolute Gasteiger partial charge is 0.269 e. The number of pyridine rings is 1. The van der Waals surface area contributed by atoms with E-state index in [2.05, 4.69) is 15.9 Å². The van der Waals surface area contributed by atoms with Gasteiger partial charge in [-0.25, -0.2) is 0 Å². The van der Waals surface area contributed by atoms with E-state index in [-0.39, 0.29) is 5.56 Å². The molecule has 0 aliphatic carbocycles. The Morgan fingerprint density at radius 3 is 2.43 bits per heavy atom. The second-order valence-electron chi connectivity index (χ2n) is 2.87. The Kier molecular flexibility index (Phi) is 2.50. The molecule has 0 aliphatic heterocycles. The molecule has 0 saturated heterocycles. The van der Waals surface area contributed by atoms with Crippen molar-refractivity contribution in [2.45, 2.75) is 0 Å². The van der Waals surface area contributed by atoms with Gasteiger partial charge in [0, 0.05) is 11.9 Å². The first kappa shape index (κ1) is 9.21. The number of aromatic nitrogens is 1. The van der Waals surface area contributed by atoms with Crippen molar-refractivity contribution in [3.63, 3.8) is 0 Å². The highest BCUT2D eigenvalue weighted by molar-refractivity contribution is 9.10. The van der Waals surface area contributed by atoms with E-state index in [4.69, 9.17) is 0 Å². The molecular weight excluding hydrogens is 242 g/mol. The molecule has 0 saturated carbocycles. The first-order valence-electron chi connectivity index (χ1n) is 4.21. The second-order valence-corrected chi connectivity index (χ2v) is 3.72. The van der Waals surface area contributed by atoms with Crippen LogP contribution in [-0.2, 0) is 0 Å². The maximum atomic E-state index is 11.7. The van der Waals surface area contributed by atoms with E-state index in [0.717, 1.165) is 5.69 Å². The molecule has 1 heterocycles. The molecule has 70 valence electrons. The minimum atomic E-state index is -0.0429. The molecule has 0 fully saturated rings. The van der Waals surface area contributed by atoms with Gasteiger partial charge < -0.3 is 0 Å². The van der Waals surface area contributed by atoms with E-state index in [1.165, 1.54) is 0 Å². The topological polar surface area (TPSA) is 22.0 Å². The molecule has 0 amide bonds. The molecule has 0 radical (unpaired) electrons. The maximum absolute atomic E-state index is 11.7. The molecular formula is C11H8BrNO. The Hall–Kier alpha value is -1.35. The summed E-state index contributed by atoms with van der Waals surface area (Å²) >= 11 is 3.21. The Bertz CT molecular complexity index is 490. The highest BCUT2D eigenvalue weighted by atomic mass is 79.9. The average Bonchev–Trinajstić information content (AvgIpc) is 2.23. The fourth-order valence-electron chi connectivity index (χ4n) is 1.26. The molecule has 14 heavy (non-hydrogen) atoms. The van der Waals surface area contributed by atoms with Crippen LogP contribution in [0.25, 0.3) is 5.69 Å². The fraction of sp³-hybridized carbons (Fsp3) is 0. The van der Waals surface area contributed by atoms with Gasteiger partial charge in [0.1, 0.15) is 0 Å². The molecule has 0 N–H and O–H groups in total. The molecule has 0 aliphatic rings. The van der Waals surface area contributed by atoms with Gasteiger partial charge in [0.05, 0.1) is 4.47 Å². The van der Waals surface area contributed by atoms with Crippen LogP contribution in [0, 0.1) is 0 Å². The van der Waals surface area contributed by atoms with Gasteiger partial charge in [-0.1, -0.05) is 18.2 Å². The molecule has 2 nitrogen and oxygen atoms in total. The summed E-state index contributed by atoms with van der Waals surface area (Å²) in [4.78, 5) is 11.7. The molecule has 2 aromatic rings. The molecule has 1 aromatic heterocycles. The van der Waals surface area contributed by atoms with Gasteiger partial charge >= 0.3 is 0 Å². The van der Waals surface area contributed by atoms with Crippen molar-refractivity contribution in [3.05, 3.63) is 63.5 Å².